The molecule has 1 unspecified atom stereocenters. The van der Waals surface area contributed by atoms with Gasteiger partial charge in [0.1, 0.15) is 5.60 Å². The number of imidazole rings is 1. The predicted molar refractivity (Wildman–Crippen MR) is 143 cm³/mol. The molecule has 0 radical (unpaired) electrons. The van der Waals surface area contributed by atoms with Gasteiger partial charge in [-0.25, -0.2) is 19.7 Å². The number of hydrogen-bond donors (Lipinski definition) is 2. The van der Waals surface area contributed by atoms with Gasteiger partial charge < -0.3 is 29.8 Å². The number of amides is 1. The van der Waals surface area contributed by atoms with Gasteiger partial charge in [0.05, 0.1) is 6.33 Å². The van der Waals surface area contributed by atoms with E-state index in [1.54, 1.807) is 6.33 Å². The maximum atomic E-state index is 12.6. The number of rotatable bonds is 7. The third-order valence-electron chi connectivity index (χ3n) is 6.45. The summed E-state index contributed by atoms with van der Waals surface area (Å²) in [7, 11) is 0. The van der Waals surface area contributed by atoms with Crippen molar-refractivity contribution in [3.8, 4) is 23.0 Å². The SMILES string of the molecule is CC(C)(C)OC(=O)NC(CCn1cnc(N)c2nc(Sc3cc4c(cc3Br)OCO4)nc1-2)C1CCCC1. The third kappa shape index (κ3) is 6.06. The number of alkyl carbamates (subject to hydrolysis) is 1. The number of fused-ring (bicyclic) bond motifs is 2. The molecule has 10 nitrogen and oxygen atoms in total. The fourth-order valence-electron chi connectivity index (χ4n) is 4.74. The Kier molecular flexibility index (Phi) is 7.39. The lowest BCUT2D eigenvalue weighted by Crippen LogP contribution is -2.43. The van der Waals surface area contributed by atoms with Crippen molar-refractivity contribution in [3.05, 3.63) is 22.9 Å². The second kappa shape index (κ2) is 10.6. The summed E-state index contributed by atoms with van der Waals surface area (Å²) in [5.41, 5.74) is 6.17. The zero-order valence-corrected chi connectivity index (χ0v) is 23.5. The number of nitrogen functional groups attached to an aromatic ring is 1. The van der Waals surface area contributed by atoms with Gasteiger partial charge in [-0.3, -0.25) is 0 Å². The first-order valence-corrected chi connectivity index (χ1v) is 14.0. The second-order valence-electron chi connectivity index (χ2n) is 10.3. The summed E-state index contributed by atoms with van der Waals surface area (Å²) in [6.45, 7) is 6.43. The number of carbonyl (C=O) groups excluding carboxylic acids is 1. The highest BCUT2D eigenvalue weighted by Gasteiger charge is 2.29. The van der Waals surface area contributed by atoms with Crippen LogP contribution in [0.1, 0.15) is 52.9 Å². The van der Waals surface area contributed by atoms with Gasteiger partial charge in [-0.15, -0.1) is 0 Å². The van der Waals surface area contributed by atoms with E-state index in [1.165, 1.54) is 24.6 Å². The Balaban J connectivity index is 1.34. The molecule has 0 saturated heterocycles. The van der Waals surface area contributed by atoms with Crippen LogP contribution in [0.25, 0.3) is 11.5 Å². The van der Waals surface area contributed by atoms with E-state index in [9.17, 15) is 4.79 Å². The number of hydrogen-bond acceptors (Lipinski definition) is 9. The smallest absolute Gasteiger partial charge is 0.407 e. The van der Waals surface area contributed by atoms with Gasteiger partial charge in [-0.05, 0) is 85.8 Å². The van der Waals surface area contributed by atoms with Gasteiger partial charge in [-0.1, -0.05) is 12.8 Å². The standard InChI is InChI=1S/C25H31BrN6O4S/c1-25(2,3)36-24(33)29-16(14-6-4-5-7-14)8-9-32-12-28-21(27)20-22(32)31-23(30-20)37-19-11-18-17(10-15(19)26)34-13-35-18/h10-12,14,16H,4-9,13,27H2,1-3H3,(H,29,33). The summed E-state index contributed by atoms with van der Waals surface area (Å²) in [6, 6.07) is 3.78. The summed E-state index contributed by atoms with van der Waals surface area (Å²) in [5.74, 6) is 2.80. The molecule has 0 aromatic heterocycles. The van der Waals surface area contributed by atoms with Crippen molar-refractivity contribution in [3.63, 3.8) is 0 Å². The van der Waals surface area contributed by atoms with E-state index < -0.39 is 5.60 Å². The molecule has 1 fully saturated rings. The van der Waals surface area contributed by atoms with E-state index in [0.29, 0.717) is 46.5 Å². The fraction of sp³-hybridized carbons (Fsp3) is 0.520. The zero-order valence-electron chi connectivity index (χ0n) is 21.1. The van der Waals surface area contributed by atoms with Crippen LogP contribution in [-0.4, -0.2) is 44.0 Å². The Morgan fingerprint density at radius 3 is 2.73 bits per heavy atom. The summed E-state index contributed by atoms with van der Waals surface area (Å²) >= 11 is 5.00. The Morgan fingerprint density at radius 2 is 2.00 bits per heavy atom. The van der Waals surface area contributed by atoms with Crippen LogP contribution in [0.4, 0.5) is 10.6 Å². The second-order valence-corrected chi connectivity index (χ2v) is 12.2. The quantitative estimate of drug-likeness (QED) is 0.368. The van der Waals surface area contributed by atoms with Crippen molar-refractivity contribution < 1.29 is 19.0 Å². The molecular formula is C25H31BrN6O4S. The van der Waals surface area contributed by atoms with E-state index in [2.05, 4.69) is 31.2 Å². The molecule has 1 aromatic rings. The summed E-state index contributed by atoms with van der Waals surface area (Å²) in [5, 5.41) is 3.68. The van der Waals surface area contributed by atoms with Crippen molar-refractivity contribution in [2.24, 2.45) is 5.92 Å². The first-order chi connectivity index (χ1) is 17.7. The van der Waals surface area contributed by atoms with Crippen LogP contribution in [0.2, 0.25) is 0 Å². The predicted octanol–water partition coefficient (Wildman–Crippen LogP) is 5.48. The largest absolute Gasteiger partial charge is 0.454 e. The summed E-state index contributed by atoms with van der Waals surface area (Å²) < 4.78 is 19.3. The van der Waals surface area contributed by atoms with Gasteiger partial charge in [-0.2, -0.15) is 0 Å². The number of aryl methyl sites for hydroxylation is 1. The van der Waals surface area contributed by atoms with Crippen molar-refractivity contribution in [2.75, 3.05) is 12.5 Å². The minimum atomic E-state index is -0.544. The average molecular weight is 592 g/mol. The van der Waals surface area contributed by atoms with Crippen LogP contribution in [-0.2, 0) is 11.3 Å². The highest BCUT2D eigenvalue weighted by molar-refractivity contribution is 9.10. The van der Waals surface area contributed by atoms with Crippen LogP contribution >= 0.6 is 27.7 Å². The fourth-order valence-corrected chi connectivity index (χ4v) is 6.09. The van der Waals surface area contributed by atoms with Crippen molar-refractivity contribution in [1.82, 2.24) is 24.8 Å². The Bertz CT molecular complexity index is 1260. The molecule has 12 heteroatoms. The van der Waals surface area contributed by atoms with Crippen LogP contribution in [0.3, 0.4) is 0 Å². The highest BCUT2D eigenvalue weighted by atomic mass is 79.9. The van der Waals surface area contributed by atoms with Gasteiger partial charge >= 0.3 is 6.09 Å². The molecule has 3 heterocycles. The first kappa shape index (κ1) is 25.9. The topological polar surface area (TPSA) is 126 Å². The van der Waals surface area contributed by atoms with E-state index in [4.69, 9.17) is 24.9 Å². The zero-order chi connectivity index (χ0) is 26.2. The molecule has 5 rings (SSSR count). The third-order valence-corrected chi connectivity index (χ3v) is 8.29. The van der Waals surface area contributed by atoms with E-state index in [1.807, 2.05) is 37.5 Å². The summed E-state index contributed by atoms with van der Waals surface area (Å²) in [6.07, 6.45) is 6.60. The maximum absolute atomic E-state index is 12.6. The Morgan fingerprint density at radius 1 is 1.27 bits per heavy atom. The minimum absolute atomic E-state index is 0.00110. The lowest BCUT2D eigenvalue weighted by Gasteiger charge is -2.27. The molecular weight excluding hydrogens is 560 g/mol. The minimum Gasteiger partial charge on any atom is -0.454 e. The molecule has 0 spiro atoms. The monoisotopic (exact) mass is 590 g/mol. The molecule has 198 valence electrons. The molecule has 1 aliphatic carbocycles. The highest BCUT2D eigenvalue weighted by Crippen LogP contribution is 2.43. The molecule has 1 aromatic carbocycles. The average Bonchev–Trinajstić information content (AvgIpc) is 3.58. The van der Waals surface area contributed by atoms with Gasteiger partial charge in [0.25, 0.3) is 0 Å². The van der Waals surface area contributed by atoms with Crippen molar-refractivity contribution in [2.45, 2.75) is 81.1 Å². The summed E-state index contributed by atoms with van der Waals surface area (Å²) in [4.78, 5) is 27.2. The van der Waals surface area contributed by atoms with E-state index >= 15 is 0 Å². The normalized spacial score (nSPS) is 16.3. The number of nitrogens with two attached hydrogens (primary N) is 1. The van der Waals surface area contributed by atoms with Crippen LogP contribution in [0, 0.1) is 5.92 Å². The molecule has 4 aliphatic rings. The number of nitrogens with one attached hydrogen (secondary N) is 1. The number of benzene rings is 1. The number of halogens is 1. The molecule has 3 aliphatic heterocycles. The number of ether oxygens (including phenoxy) is 3. The van der Waals surface area contributed by atoms with Crippen LogP contribution in [0.5, 0.6) is 11.5 Å². The van der Waals surface area contributed by atoms with Gasteiger partial charge in [0.2, 0.25) is 6.79 Å². The van der Waals surface area contributed by atoms with Gasteiger partial charge in [0.15, 0.2) is 34.0 Å². The lowest BCUT2D eigenvalue weighted by molar-refractivity contribution is 0.0481. The number of anilines is 1. The van der Waals surface area contributed by atoms with Crippen molar-refractivity contribution in [1.29, 1.82) is 0 Å². The van der Waals surface area contributed by atoms with Gasteiger partial charge in [0, 0.05) is 22.0 Å². The molecule has 1 amide bonds. The molecule has 1 saturated carbocycles. The molecule has 3 N–H and O–H groups in total. The van der Waals surface area contributed by atoms with Crippen LogP contribution < -0.4 is 20.5 Å². The maximum Gasteiger partial charge on any atom is 0.407 e. The van der Waals surface area contributed by atoms with Crippen LogP contribution in [0.15, 0.2) is 33.0 Å². The molecule has 0 bridgehead atoms. The first-order valence-electron chi connectivity index (χ1n) is 12.4. The molecule has 37 heavy (non-hydrogen) atoms. The Hall–Kier alpha value is -2.73. The van der Waals surface area contributed by atoms with Crippen molar-refractivity contribution >= 4 is 39.6 Å². The number of nitrogens with zero attached hydrogens (tertiary/aromatic N) is 4. The number of aromatic nitrogens is 4. The lowest BCUT2D eigenvalue weighted by atomic mass is 9.95. The van der Waals surface area contributed by atoms with E-state index in [-0.39, 0.29) is 18.9 Å². The Labute approximate surface area is 228 Å². The van der Waals surface area contributed by atoms with E-state index in [0.717, 1.165) is 28.6 Å². The number of carbonyl (C=O) groups is 1. The molecule has 1 atom stereocenters.